The van der Waals surface area contributed by atoms with Gasteiger partial charge in [-0.15, -0.1) is 5.10 Å². The molecule has 0 unspecified atom stereocenters. The zero-order valence-electron chi connectivity index (χ0n) is 12.5. The van der Waals surface area contributed by atoms with Crippen LogP contribution < -0.4 is 0 Å². The van der Waals surface area contributed by atoms with E-state index in [2.05, 4.69) is 25.5 Å². The molecule has 2 aromatic carbocycles. The second-order valence-corrected chi connectivity index (χ2v) is 5.88. The van der Waals surface area contributed by atoms with E-state index in [0.717, 1.165) is 16.3 Å². The van der Waals surface area contributed by atoms with E-state index in [-0.39, 0.29) is 0 Å². The molecule has 0 amide bonds. The Morgan fingerprint density at radius 1 is 0.833 bits per heavy atom. The van der Waals surface area contributed by atoms with Gasteiger partial charge in [-0.3, -0.25) is 0 Å². The van der Waals surface area contributed by atoms with Crippen molar-refractivity contribution in [2.75, 3.05) is 0 Å². The molecule has 24 heavy (non-hydrogen) atoms. The molecule has 7 heteroatoms. The lowest BCUT2D eigenvalue weighted by Gasteiger charge is -2.05. The Labute approximate surface area is 142 Å². The molecule has 0 atom stereocenters. The second-order valence-electron chi connectivity index (χ2n) is 4.90. The number of para-hydroxylation sites is 1. The van der Waals surface area contributed by atoms with Gasteiger partial charge in [0.15, 0.2) is 5.82 Å². The van der Waals surface area contributed by atoms with Gasteiger partial charge in [0.1, 0.15) is 5.03 Å². The molecule has 2 aromatic heterocycles. The summed E-state index contributed by atoms with van der Waals surface area (Å²) in [6.45, 7) is 0. The van der Waals surface area contributed by atoms with E-state index in [9.17, 15) is 0 Å². The molecule has 2 heterocycles. The summed E-state index contributed by atoms with van der Waals surface area (Å²) >= 11 is 1.40. The van der Waals surface area contributed by atoms with E-state index in [1.807, 2.05) is 66.7 Å². The van der Waals surface area contributed by atoms with E-state index in [0.29, 0.717) is 11.0 Å². The van der Waals surface area contributed by atoms with Crippen molar-refractivity contribution in [2.45, 2.75) is 10.2 Å². The van der Waals surface area contributed by atoms with Crippen molar-refractivity contribution < 1.29 is 0 Å². The quantitative estimate of drug-likeness (QED) is 0.534. The minimum atomic E-state index is 0.652. The molecule has 4 rings (SSSR count). The van der Waals surface area contributed by atoms with Crippen molar-refractivity contribution in [3.8, 4) is 17.1 Å². The highest BCUT2D eigenvalue weighted by molar-refractivity contribution is 7.99. The third kappa shape index (κ3) is 3.02. The van der Waals surface area contributed by atoms with Crippen LogP contribution in [0.1, 0.15) is 0 Å². The van der Waals surface area contributed by atoms with Crippen LogP contribution in [0.5, 0.6) is 0 Å². The standard InChI is InChI=1S/C17H12N6S/c1-3-7-13(8-4-1)16-18-12-11-15(19-16)24-17-20-21-22-23(17)14-9-5-2-6-10-14/h1-12H. The van der Waals surface area contributed by atoms with E-state index in [4.69, 9.17) is 0 Å². The predicted octanol–water partition coefficient (Wildman–Crippen LogP) is 3.27. The number of benzene rings is 2. The highest BCUT2D eigenvalue weighted by Gasteiger charge is 2.11. The van der Waals surface area contributed by atoms with Crippen molar-refractivity contribution in [1.82, 2.24) is 30.2 Å². The summed E-state index contributed by atoms with van der Waals surface area (Å²) < 4.78 is 1.69. The number of nitrogens with zero attached hydrogens (tertiary/aromatic N) is 6. The summed E-state index contributed by atoms with van der Waals surface area (Å²) in [5.41, 5.74) is 1.88. The lowest BCUT2D eigenvalue weighted by molar-refractivity contribution is 0.756. The number of aromatic nitrogens is 6. The van der Waals surface area contributed by atoms with E-state index < -0.39 is 0 Å². The highest BCUT2D eigenvalue weighted by Crippen LogP contribution is 2.26. The van der Waals surface area contributed by atoms with Crippen LogP contribution in [0, 0.1) is 0 Å². The van der Waals surface area contributed by atoms with Crippen molar-refractivity contribution in [1.29, 1.82) is 0 Å². The molecule has 0 saturated carbocycles. The maximum absolute atomic E-state index is 4.60. The van der Waals surface area contributed by atoms with Crippen LogP contribution in [0.4, 0.5) is 0 Å². The fourth-order valence-electron chi connectivity index (χ4n) is 2.19. The summed E-state index contributed by atoms with van der Waals surface area (Å²) in [5, 5.41) is 13.4. The van der Waals surface area contributed by atoms with Gasteiger partial charge in [-0.25, -0.2) is 9.97 Å². The molecule has 4 aromatic rings. The first-order valence-electron chi connectivity index (χ1n) is 7.30. The molecule has 0 aliphatic heterocycles. The van der Waals surface area contributed by atoms with Gasteiger partial charge in [-0.2, -0.15) is 4.68 Å². The molecule has 0 aliphatic rings. The maximum Gasteiger partial charge on any atom is 0.220 e. The van der Waals surface area contributed by atoms with Crippen molar-refractivity contribution in [3.05, 3.63) is 72.9 Å². The van der Waals surface area contributed by atoms with Gasteiger partial charge in [0.25, 0.3) is 0 Å². The molecular formula is C17H12N6S. The molecule has 0 N–H and O–H groups in total. The molecule has 6 nitrogen and oxygen atoms in total. The third-order valence-corrected chi connectivity index (χ3v) is 4.17. The molecule has 0 bridgehead atoms. The van der Waals surface area contributed by atoms with E-state index >= 15 is 0 Å². The third-order valence-electron chi connectivity index (χ3n) is 3.30. The Bertz CT molecular complexity index is 939. The maximum atomic E-state index is 4.60. The Balaban J connectivity index is 1.65. The second kappa shape index (κ2) is 6.59. The van der Waals surface area contributed by atoms with Crippen molar-refractivity contribution in [2.24, 2.45) is 0 Å². The largest absolute Gasteiger partial charge is 0.237 e. The summed E-state index contributed by atoms with van der Waals surface area (Å²) in [6.07, 6.45) is 1.74. The number of tetrazole rings is 1. The predicted molar refractivity (Wildman–Crippen MR) is 90.7 cm³/mol. The summed E-state index contributed by atoms with van der Waals surface area (Å²) in [4.78, 5) is 8.93. The number of hydrogen-bond donors (Lipinski definition) is 0. The van der Waals surface area contributed by atoms with E-state index in [1.54, 1.807) is 10.9 Å². The number of rotatable bonds is 4. The zero-order chi connectivity index (χ0) is 16.2. The Hall–Kier alpha value is -3.06. The first kappa shape index (κ1) is 14.5. The van der Waals surface area contributed by atoms with Gasteiger partial charge < -0.3 is 0 Å². The minimum Gasteiger partial charge on any atom is -0.237 e. The Morgan fingerprint density at radius 3 is 2.38 bits per heavy atom. The van der Waals surface area contributed by atoms with Crippen LogP contribution in [-0.2, 0) is 0 Å². The smallest absolute Gasteiger partial charge is 0.220 e. The molecule has 0 aliphatic carbocycles. The summed E-state index contributed by atoms with van der Waals surface area (Å²) in [5.74, 6) is 0.680. The average Bonchev–Trinajstić information content (AvgIpc) is 3.11. The lowest BCUT2D eigenvalue weighted by atomic mass is 10.2. The summed E-state index contributed by atoms with van der Waals surface area (Å²) in [7, 11) is 0. The zero-order valence-corrected chi connectivity index (χ0v) is 13.3. The molecule has 0 spiro atoms. The number of hydrogen-bond acceptors (Lipinski definition) is 6. The highest BCUT2D eigenvalue weighted by atomic mass is 32.2. The lowest BCUT2D eigenvalue weighted by Crippen LogP contribution is -1.99. The van der Waals surface area contributed by atoms with Gasteiger partial charge >= 0.3 is 0 Å². The minimum absolute atomic E-state index is 0.652. The van der Waals surface area contributed by atoms with Gasteiger partial charge in [0.2, 0.25) is 5.16 Å². The van der Waals surface area contributed by atoms with E-state index in [1.165, 1.54) is 11.8 Å². The normalized spacial score (nSPS) is 10.7. The van der Waals surface area contributed by atoms with Gasteiger partial charge in [0.05, 0.1) is 5.69 Å². The molecular weight excluding hydrogens is 320 g/mol. The van der Waals surface area contributed by atoms with Crippen molar-refractivity contribution >= 4 is 11.8 Å². The SMILES string of the molecule is c1ccc(-c2nccc(Sc3nnnn3-c3ccccc3)n2)cc1. The molecule has 0 saturated heterocycles. The molecule has 116 valence electrons. The summed E-state index contributed by atoms with van der Waals surface area (Å²) in [6, 6.07) is 21.5. The van der Waals surface area contributed by atoms with Crippen LogP contribution >= 0.6 is 11.8 Å². The van der Waals surface area contributed by atoms with Crippen LogP contribution in [0.3, 0.4) is 0 Å². The first-order valence-corrected chi connectivity index (χ1v) is 8.12. The fourth-order valence-corrected chi connectivity index (χ4v) is 2.95. The monoisotopic (exact) mass is 332 g/mol. The average molecular weight is 332 g/mol. The molecule has 0 fully saturated rings. The Kier molecular flexibility index (Phi) is 3.99. The van der Waals surface area contributed by atoms with Gasteiger partial charge in [0, 0.05) is 11.8 Å². The molecule has 0 radical (unpaired) electrons. The van der Waals surface area contributed by atoms with Crippen LogP contribution in [0.25, 0.3) is 17.1 Å². The van der Waals surface area contributed by atoms with Crippen LogP contribution in [-0.4, -0.2) is 30.2 Å². The topological polar surface area (TPSA) is 69.4 Å². The first-order chi connectivity index (χ1) is 11.9. The van der Waals surface area contributed by atoms with Crippen molar-refractivity contribution in [3.63, 3.8) is 0 Å². The van der Waals surface area contributed by atoms with Gasteiger partial charge in [-0.1, -0.05) is 48.5 Å². The Morgan fingerprint density at radius 2 is 1.58 bits per heavy atom. The van der Waals surface area contributed by atoms with Crippen LogP contribution in [0.15, 0.2) is 83.1 Å². The fraction of sp³-hybridized carbons (Fsp3) is 0. The van der Waals surface area contributed by atoms with Gasteiger partial charge in [-0.05, 0) is 40.4 Å². The van der Waals surface area contributed by atoms with Crippen LogP contribution in [0.2, 0.25) is 0 Å².